The fourth-order valence-corrected chi connectivity index (χ4v) is 2.20. The van der Waals surface area contributed by atoms with E-state index < -0.39 is 0 Å². The van der Waals surface area contributed by atoms with Gasteiger partial charge in [0.05, 0.1) is 0 Å². The summed E-state index contributed by atoms with van der Waals surface area (Å²) in [7, 11) is 2.20. The third-order valence-electron chi connectivity index (χ3n) is 3.71. The van der Waals surface area contributed by atoms with Crippen LogP contribution >= 0.6 is 0 Å². The van der Waals surface area contributed by atoms with Crippen molar-refractivity contribution in [1.82, 2.24) is 4.90 Å². The van der Waals surface area contributed by atoms with E-state index in [1.807, 2.05) is 0 Å². The molecule has 0 unspecified atom stereocenters. The van der Waals surface area contributed by atoms with Gasteiger partial charge in [-0.2, -0.15) is 0 Å². The van der Waals surface area contributed by atoms with E-state index in [1.54, 1.807) is 0 Å². The van der Waals surface area contributed by atoms with Gasteiger partial charge in [-0.1, -0.05) is 18.2 Å². The first-order chi connectivity index (χ1) is 8.78. The van der Waals surface area contributed by atoms with Crippen LogP contribution in [0.5, 0.6) is 0 Å². The Labute approximate surface area is 119 Å². The molecule has 0 aliphatic carbocycles. The Hall–Kier alpha value is -0.860. The lowest BCUT2D eigenvalue weighted by Gasteiger charge is -2.21. The molecule has 19 heavy (non-hydrogen) atoms. The second kappa shape index (κ2) is 7.06. The van der Waals surface area contributed by atoms with E-state index in [1.165, 1.54) is 23.1 Å². The van der Waals surface area contributed by atoms with Crippen molar-refractivity contribution in [3.63, 3.8) is 0 Å². The van der Waals surface area contributed by atoms with Crippen LogP contribution in [0.2, 0.25) is 0 Å². The van der Waals surface area contributed by atoms with Crippen molar-refractivity contribution in [3.05, 3.63) is 34.9 Å². The number of aryl methyl sites for hydroxylation is 2. The molecule has 0 fully saturated rings. The minimum atomic E-state index is -0.0328. The number of rotatable bonds is 7. The van der Waals surface area contributed by atoms with E-state index >= 15 is 0 Å². The minimum absolute atomic E-state index is 0.0328. The van der Waals surface area contributed by atoms with E-state index in [0.717, 1.165) is 25.9 Å². The fourth-order valence-electron chi connectivity index (χ4n) is 2.20. The van der Waals surface area contributed by atoms with E-state index in [4.69, 9.17) is 5.73 Å². The van der Waals surface area contributed by atoms with Gasteiger partial charge in [0, 0.05) is 12.1 Å². The predicted octanol–water partition coefficient (Wildman–Crippen LogP) is 3.30. The summed E-state index contributed by atoms with van der Waals surface area (Å²) in [5, 5.41) is 0. The largest absolute Gasteiger partial charge is 0.326 e. The first kappa shape index (κ1) is 16.2. The first-order valence-electron chi connectivity index (χ1n) is 7.31. The van der Waals surface area contributed by atoms with Crippen LogP contribution < -0.4 is 5.73 Å². The molecule has 0 aliphatic rings. The molecule has 0 saturated heterocycles. The smallest absolute Gasteiger partial charge is 0.00975 e. The topological polar surface area (TPSA) is 29.3 Å². The molecule has 0 atom stereocenters. The van der Waals surface area contributed by atoms with Gasteiger partial charge in [-0.25, -0.2) is 0 Å². The molecular formula is C17H30N2. The number of likely N-dealkylation sites (N-methyl/N-ethyl adjacent to an activating group) is 1. The summed E-state index contributed by atoms with van der Waals surface area (Å²) >= 11 is 0. The monoisotopic (exact) mass is 262 g/mol. The Morgan fingerprint density at radius 2 is 1.79 bits per heavy atom. The molecule has 108 valence electrons. The van der Waals surface area contributed by atoms with Crippen LogP contribution in [-0.4, -0.2) is 30.6 Å². The van der Waals surface area contributed by atoms with E-state index in [-0.39, 0.29) is 5.54 Å². The van der Waals surface area contributed by atoms with Crippen molar-refractivity contribution in [2.45, 2.75) is 52.5 Å². The molecule has 0 radical (unpaired) electrons. The van der Waals surface area contributed by atoms with Gasteiger partial charge < -0.3 is 10.6 Å². The van der Waals surface area contributed by atoms with E-state index in [9.17, 15) is 0 Å². The summed E-state index contributed by atoms with van der Waals surface area (Å²) in [5.41, 5.74) is 10.2. The maximum absolute atomic E-state index is 6.00. The van der Waals surface area contributed by atoms with Crippen LogP contribution in [0.3, 0.4) is 0 Å². The molecule has 0 amide bonds. The van der Waals surface area contributed by atoms with Crippen LogP contribution in [0.25, 0.3) is 0 Å². The fraction of sp³-hybridized carbons (Fsp3) is 0.647. The summed E-state index contributed by atoms with van der Waals surface area (Å²) in [6.07, 6.45) is 3.39. The SMILES string of the molecule is Cc1ccc(CCN(C)CCCC(C)(C)N)cc1C. The minimum Gasteiger partial charge on any atom is -0.326 e. The molecule has 1 aromatic rings. The molecule has 1 aromatic carbocycles. The van der Waals surface area contributed by atoms with Crippen LogP contribution in [0.1, 0.15) is 43.4 Å². The number of hydrogen-bond donors (Lipinski definition) is 1. The van der Waals surface area contributed by atoms with Gasteiger partial charge in [0.25, 0.3) is 0 Å². The van der Waals surface area contributed by atoms with Gasteiger partial charge in [-0.15, -0.1) is 0 Å². The maximum Gasteiger partial charge on any atom is 0.00975 e. The lowest BCUT2D eigenvalue weighted by Crippen LogP contribution is -2.33. The Bertz CT molecular complexity index is 391. The normalized spacial score (nSPS) is 12.2. The second-order valence-electron chi connectivity index (χ2n) is 6.56. The highest BCUT2D eigenvalue weighted by Gasteiger charge is 2.10. The van der Waals surface area contributed by atoms with Crippen molar-refractivity contribution in [2.24, 2.45) is 5.73 Å². The molecule has 2 N–H and O–H groups in total. The van der Waals surface area contributed by atoms with Crippen molar-refractivity contribution in [1.29, 1.82) is 0 Å². The van der Waals surface area contributed by atoms with Gasteiger partial charge in [0.2, 0.25) is 0 Å². The van der Waals surface area contributed by atoms with Gasteiger partial charge in [-0.3, -0.25) is 0 Å². The van der Waals surface area contributed by atoms with Crippen molar-refractivity contribution < 1.29 is 0 Å². The number of nitrogens with zero attached hydrogens (tertiary/aromatic N) is 1. The van der Waals surface area contributed by atoms with Crippen LogP contribution in [0.4, 0.5) is 0 Å². The molecule has 0 spiro atoms. The van der Waals surface area contributed by atoms with Crippen molar-refractivity contribution in [2.75, 3.05) is 20.1 Å². The quantitative estimate of drug-likeness (QED) is 0.817. The second-order valence-corrected chi connectivity index (χ2v) is 6.56. The highest BCUT2D eigenvalue weighted by molar-refractivity contribution is 5.30. The summed E-state index contributed by atoms with van der Waals surface area (Å²) in [6.45, 7) is 10.8. The van der Waals surface area contributed by atoms with Crippen LogP contribution in [-0.2, 0) is 6.42 Å². The molecule has 0 saturated carbocycles. The lowest BCUT2D eigenvalue weighted by atomic mass is 10.00. The summed E-state index contributed by atoms with van der Waals surface area (Å²) < 4.78 is 0. The van der Waals surface area contributed by atoms with Crippen molar-refractivity contribution >= 4 is 0 Å². The third kappa shape index (κ3) is 6.74. The zero-order chi connectivity index (χ0) is 14.5. The maximum atomic E-state index is 6.00. The molecule has 0 heterocycles. The Kier molecular flexibility index (Phi) is 6.02. The predicted molar refractivity (Wildman–Crippen MR) is 84.6 cm³/mol. The standard InChI is InChI=1S/C17H30N2/c1-14-7-8-16(13-15(14)2)9-12-19(5)11-6-10-17(3,4)18/h7-8,13H,6,9-12,18H2,1-5H3. The van der Waals surface area contributed by atoms with Gasteiger partial charge in [0.15, 0.2) is 0 Å². The molecule has 0 bridgehead atoms. The lowest BCUT2D eigenvalue weighted by molar-refractivity contribution is 0.313. The molecular weight excluding hydrogens is 232 g/mol. The number of hydrogen-bond acceptors (Lipinski definition) is 2. The third-order valence-corrected chi connectivity index (χ3v) is 3.71. The highest BCUT2D eigenvalue weighted by Crippen LogP contribution is 2.11. The molecule has 0 aromatic heterocycles. The Morgan fingerprint density at radius 3 is 2.37 bits per heavy atom. The highest BCUT2D eigenvalue weighted by atomic mass is 15.1. The zero-order valence-corrected chi connectivity index (χ0v) is 13.3. The number of nitrogens with two attached hydrogens (primary N) is 1. The molecule has 1 rings (SSSR count). The first-order valence-corrected chi connectivity index (χ1v) is 7.31. The van der Waals surface area contributed by atoms with Gasteiger partial charge >= 0.3 is 0 Å². The zero-order valence-electron chi connectivity index (χ0n) is 13.3. The average molecular weight is 262 g/mol. The summed E-state index contributed by atoms with van der Waals surface area (Å²) in [6, 6.07) is 6.78. The number of benzene rings is 1. The van der Waals surface area contributed by atoms with E-state index in [0.29, 0.717) is 0 Å². The summed E-state index contributed by atoms with van der Waals surface area (Å²) in [5.74, 6) is 0. The van der Waals surface area contributed by atoms with Crippen molar-refractivity contribution in [3.8, 4) is 0 Å². The van der Waals surface area contributed by atoms with Crippen LogP contribution in [0.15, 0.2) is 18.2 Å². The molecule has 2 heteroatoms. The summed E-state index contributed by atoms with van der Waals surface area (Å²) in [4.78, 5) is 2.40. The average Bonchev–Trinajstić information content (AvgIpc) is 2.29. The molecule has 0 aliphatic heterocycles. The Balaban J connectivity index is 2.29. The van der Waals surface area contributed by atoms with Gasteiger partial charge in [-0.05, 0) is 77.2 Å². The Morgan fingerprint density at radius 1 is 1.11 bits per heavy atom. The van der Waals surface area contributed by atoms with E-state index in [2.05, 4.69) is 57.8 Å². The van der Waals surface area contributed by atoms with Gasteiger partial charge in [0.1, 0.15) is 0 Å². The molecule has 2 nitrogen and oxygen atoms in total. The van der Waals surface area contributed by atoms with Crippen LogP contribution in [0, 0.1) is 13.8 Å².